The Morgan fingerprint density at radius 3 is 2.39 bits per heavy atom. The second-order valence-electron chi connectivity index (χ2n) is 6.39. The molecule has 2 rings (SSSR count). The summed E-state index contributed by atoms with van der Waals surface area (Å²) in [5.41, 5.74) is 0. The van der Waals surface area contributed by atoms with Crippen molar-refractivity contribution >= 4 is 17.3 Å². The lowest BCUT2D eigenvalue weighted by Crippen LogP contribution is -2.46. The summed E-state index contributed by atoms with van der Waals surface area (Å²) in [6, 6.07) is 1.39. The molecule has 0 spiro atoms. The zero-order valence-electron chi connectivity index (χ0n) is 12.0. The molecule has 1 N–H and O–H groups in total. The van der Waals surface area contributed by atoms with Gasteiger partial charge in [-0.2, -0.15) is 0 Å². The van der Waals surface area contributed by atoms with Gasteiger partial charge in [-0.05, 0) is 50.2 Å². The molecule has 0 aromatic carbocycles. The summed E-state index contributed by atoms with van der Waals surface area (Å²) < 4.78 is 0. The van der Waals surface area contributed by atoms with E-state index in [4.69, 9.17) is 12.2 Å². The van der Waals surface area contributed by atoms with Gasteiger partial charge in [-0.25, -0.2) is 0 Å². The predicted octanol–water partition coefficient (Wildman–Crippen LogP) is 3.70. The molecule has 2 aliphatic rings. The van der Waals surface area contributed by atoms with Crippen LogP contribution < -0.4 is 5.32 Å². The van der Waals surface area contributed by atoms with Crippen molar-refractivity contribution in [1.29, 1.82) is 0 Å². The van der Waals surface area contributed by atoms with Crippen LogP contribution in [0.15, 0.2) is 0 Å². The van der Waals surface area contributed by atoms with Crippen LogP contribution in [-0.4, -0.2) is 28.6 Å². The van der Waals surface area contributed by atoms with Crippen molar-refractivity contribution in [3.05, 3.63) is 0 Å². The molecule has 2 aliphatic carbocycles. The van der Waals surface area contributed by atoms with Gasteiger partial charge in [0.1, 0.15) is 0 Å². The summed E-state index contributed by atoms with van der Waals surface area (Å²) in [7, 11) is 0. The van der Waals surface area contributed by atoms with E-state index in [9.17, 15) is 0 Å². The fraction of sp³-hybridized carbons (Fsp3) is 0.933. The Labute approximate surface area is 118 Å². The summed E-state index contributed by atoms with van der Waals surface area (Å²) in [5.74, 6) is 0.767. The quantitative estimate of drug-likeness (QED) is 0.765. The highest BCUT2D eigenvalue weighted by Crippen LogP contribution is 2.28. The van der Waals surface area contributed by atoms with Crippen LogP contribution in [0.5, 0.6) is 0 Å². The Morgan fingerprint density at radius 2 is 1.83 bits per heavy atom. The highest BCUT2D eigenvalue weighted by atomic mass is 32.1. The van der Waals surface area contributed by atoms with Crippen LogP contribution in [0.1, 0.15) is 65.2 Å². The van der Waals surface area contributed by atoms with Crippen molar-refractivity contribution in [2.45, 2.75) is 77.3 Å². The van der Waals surface area contributed by atoms with Gasteiger partial charge in [0, 0.05) is 18.6 Å². The standard InChI is InChI=1S/C15H28N2S/c1-12(2)10-11-17(14-8-9-14)15(18)16-13-6-4-3-5-7-13/h12-14H,3-11H2,1-2H3,(H,16,18). The lowest BCUT2D eigenvalue weighted by Gasteiger charge is -2.31. The molecule has 0 amide bonds. The maximum atomic E-state index is 5.64. The average Bonchev–Trinajstić information content (AvgIpc) is 3.14. The Kier molecular flexibility index (Phi) is 5.28. The molecule has 0 aliphatic heterocycles. The van der Waals surface area contributed by atoms with Crippen molar-refractivity contribution < 1.29 is 0 Å². The molecule has 0 unspecified atom stereocenters. The summed E-state index contributed by atoms with van der Waals surface area (Å²) in [6.07, 6.45) is 10.7. The summed E-state index contributed by atoms with van der Waals surface area (Å²) in [5, 5.41) is 4.65. The Bertz CT molecular complexity index is 268. The smallest absolute Gasteiger partial charge is 0.169 e. The van der Waals surface area contributed by atoms with Crippen LogP contribution in [-0.2, 0) is 0 Å². The molecule has 2 fully saturated rings. The van der Waals surface area contributed by atoms with Crippen molar-refractivity contribution in [2.75, 3.05) is 6.54 Å². The van der Waals surface area contributed by atoms with Gasteiger partial charge in [0.25, 0.3) is 0 Å². The minimum absolute atomic E-state index is 0.645. The highest BCUT2D eigenvalue weighted by Gasteiger charge is 2.31. The first-order valence-corrected chi connectivity index (χ1v) is 8.15. The molecule has 3 heteroatoms. The molecule has 0 bridgehead atoms. The molecule has 0 saturated heterocycles. The number of rotatable bonds is 5. The van der Waals surface area contributed by atoms with Crippen molar-refractivity contribution in [2.24, 2.45) is 5.92 Å². The maximum Gasteiger partial charge on any atom is 0.169 e. The molecule has 0 aromatic heterocycles. The third-order valence-electron chi connectivity index (χ3n) is 4.13. The molecular weight excluding hydrogens is 240 g/mol. The molecule has 2 saturated carbocycles. The summed E-state index contributed by atoms with van der Waals surface area (Å²) in [4.78, 5) is 2.46. The number of hydrogen-bond acceptors (Lipinski definition) is 1. The summed E-state index contributed by atoms with van der Waals surface area (Å²) in [6.45, 7) is 5.73. The van der Waals surface area contributed by atoms with E-state index in [0.29, 0.717) is 6.04 Å². The number of thiocarbonyl (C=S) groups is 1. The Hall–Kier alpha value is -0.310. The minimum Gasteiger partial charge on any atom is -0.360 e. The van der Waals surface area contributed by atoms with Crippen LogP contribution in [0.25, 0.3) is 0 Å². The van der Waals surface area contributed by atoms with Crippen LogP contribution in [0, 0.1) is 5.92 Å². The number of nitrogens with zero attached hydrogens (tertiary/aromatic N) is 1. The molecule has 2 nitrogen and oxygen atoms in total. The van der Waals surface area contributed by atoms with Crippen molar-refractivity contribution in [1.82, 2.24) is 10.2 Å². The lowest BCUT2D eigenvalue weighted by atomic mass is 9.96. The van der Waals surface area contributed by atoms with Gasteiger partial charge in [-0.15, -0.1) is 0 Å². The SMILES string of the molecule is CC(C)CCN(C(=S)NC1CCCCC1)C1CC1. The molecule has 0 heterocycles. The van der Waals surface area contributed by atoms with E-state index in [2.05, 4.69) is 24.1 Å². The first-order valence-electron chi connectivity index (χ1n) is 7.74. The topological polar surface area (TPSA) is 15.3 Å². The van der Waals surface area contributed by atoms with E-state index >= 15 is 0 Å². The molecule has 0 radical (unpaired) electrons. The first kappa shape index (κ1) is 14.1. The first-order chi connectivity index (χ1) is 8.66. The average molecular weight is 268 g/mol. The van der Waals surface area contributed by atoms with Gasteiger partial charge in [-0.1, -0.05) is 33.1 Å². The van der Waals surface area contributed by atoms with E-state index in [0.717, 1.165) is 23.6 Å². The fourth-order valence-electron chi connectivity index (χ4n) is 2.74. The monoisotopic (exact) mass is 268 g/mol. The van der Waals surface area contributed by atoms with Gasteiger partial charge in [0.2, 0.25) is 0 Å². The van der Waals surface area contributed by atoms with Gasteiger partial charge in [-0.3, -0.25) is 0 Å². The van der Waals surface area contributed by atoms with Crippen molar-refractivity contribution in [3.8, 4) is 0 Å². The Balaban J connectivity index is 1.79. The van der Waals surface area contributed by atoms with E-state index in [1.807, 2.05) is 0 Å². The second-order valence-corrected chi connectivity index (χ2v) is 6.78. The maximum absolute atomic E-state index is 5.64. The van der Waals surface area contributed by atoms with Crippen molar-refractivity contribution in [3.63, 3.8) is 0 Å². The minimum atomic E-state index is 0.645. The highest BCUT2D eigenvalue weighted by molar-refractivity contribution is 7.80. The van der Waals surface area contributed by atoms with Gasteiger partial charge in [0.15, 0.2) is 5.11 Å². The van der Waals surface area contributed by atoms with E-state index in [1.165, 1.54) is 51.4 Å². The number of nitrogens with one attached hydrogen (secondary N) is 1. The molecule has 0 aromatic rings. The Morgan fingerprint density at radius 1 is 1.17 bits per heavy atom. The normalized spacial score (nSPS) is 21.1. The van der Waals surface area contributed by atoms with E-state index in [1.54, 1.807) is 0 Å². The van der Waals surface area contributed by atoms with Gasteiger partial charge >= 0.3 is 0 Å². The van der Waals surface area contributed by atoms with Crippen LogP contribution in [0.4, 0.5) is 0 Å². The third-order valence-corrected chi connectivity index (χ3v) is 4.48. The fourth-order valence-corrected chi connectivity index (χ4v) is 3.14. The molecule has 104 valence electrons. The predicted molar refractivity (Wildman–Crippen MR) is 81.8 cm³/mol. The van der Waals surface area contributed by atoms with Gasteiger partial charge < -0.3 is 10.2 Å². The zero-order valence-corrected chi connectivity index (χ0v) is 12.8. The zero-order chi connectivity index (χ0) is 13.0. The lowest BCUT2D eigenvalue weighted by molar-refractivity contribution is 0.346. The third kappa shape index (κ3) is 4.42. The largest absolute Gasteiger partial charge is 0.360 e. The van der Waals surface area contributed by atoms with Crippen LogP contribution >= 0.6 is 12.2 Å². The molecule has 0 atom stereocenters. The van der Waals surface area contributed by atoms with Gasteiger partial charge in [0.05, 0.1) is 0 Å². The molecule has 18 heavy (non-hydrogen) atoms. The summed E-state index contributed by atoms with van der Waals surface area (Å²) >= 11 is 5.64. The van der Waals surface area contributed by atoms with Crippen LogP contribution in [0.3, 0.4) is 0 Å². The van der Waals surface area contributed by atoms with Crippen LogP contribution in [0.2, 0.25) is 0 Å². The van der Waals surface area contributed by atoms with E-state index < -0.39 is 0 Å². The van der Waals surface area contributed by atoms with E-state index in [-0.39, 0.29) is 0 Å². The molecular formula is C15H28N2S. The number of hydrogen-bond donors (Lipinski definition) is 1. The second kappa shape index (κ2) is 6.74.